The predicted octanol–water partition coefficient (Wildman–Crippen LogP) is 2.77. The lowest BCUT2D eigenvalue weighted by Crippen LogP contribution is -2.12. The molecule has 0 aliphatic carbocycles. The molecule has 1 aromatic rings. The summed E-state index contributed by atoms with van der Waals surface area (Å²) in [6.07, 6.45) is 2.84. The van der Waals surface area contributed by atoms with Crippen molar-refractivity contribution in [1.82, 2.24) is 0 Å². The number of hydrogen-bond acceptors (Lipinski definition) is 3. The number of carbonyl (C=O) groups is 1. The van der Waals surface area contributed by atoms with E-state index in [4.69, 9.17) is 16.7 Å². The fourth-order valence-electron chi connectivity index (χ4n) is 1.33. The summed E-state index contributed by atoms with van der Waals surface area (Å²) in [5.41, 5.74) is 1.33. The Labute approximate surface area is 122 Å². The first kappa shape index (κ1) is 15.9. The lowest BCUT2D eigenvalue weighted by Gasteiger charge is -2.07. The summed E-state index contributed by atoms with van der Waals surface area (Å²) in [7, 11) is 0. The van der Waals surface area contributed by atoms with Crippen LogP contribution in [0.15, 0.2) is 18.2 Å². The van der Waals surface area contributed by atoms with Crippen LogP contribution in [0.4, 0.5) is 5.69 Å². The largest absolute Gasteiger partial charge is 0.395 e. The normalized spacial score (nSPS) is 9.63. The van der Waals surface area contributed by atoms with Crippen molar-refractivity contribution >= 4 is 35.0 Å². The van der Waals surface area contributed by atoms with E-state index in [9.17, 15) is 4.79 Å². The molecule has 1 amide bonds. The van der Waals surface area contributed by atoms with Gasteiger partial charge in [-0.2, -0.15) is 11.8 Å². The SMILES string of the molecule is CSCCC(=O)Nc1cc(C#CCCO)ccc1Cl. The average molecular weight is 298 g/mol. The molecular formula is C14H16ClNO2S. The number of halogens is 1. The molecule has 0 radical (unpaired) electrons. The highest BCUT2D eigenvalue weighted by atomic mass is 35.5. The van der Waals surface area contributed by atoms with E-state index in [1.807, 2.05) is 6.26 Å². The zero-order valence-electron chi connectivity index (χ0n) is 10.7. The van der Waals surface area contributed by atoms with Crippen LogP contribution in [0.25, 0.3) is 0 Å². The van der Waals surface area contributed by atoms with Gasteiger partial charge >= 0.3 is 0 Å². The van der Waals surface area contributed by atoms with Gasteiger partial charge in [-0.1, -0.05) is 23.4 Å². The fraction of sp³-hybridized carbons (Fsp3) is 0.357. The smallest absolute Gasteiger partial charge is 0.225 e. The van der Waals surface area contributed by atoms with Gasteiger partial charge < -0.3 is 10.4 Å². The summed E-state index contributed by atoms with van der Waals surface area (Å²) in [4.78, 5) is 11.6. The van der Waals surface area contributed by atoms with Crippen LogP contribution in [0.3, 0.4) is 0 Å². The van der Waals surface area contributed by atoms with E-state index >= 15 is 0 Å². The maximum Gasteiger partial charge on any atom is 0.225 e. The number of aliphatic hydroxyl groups is 1. The zero-order chi connectivity index (χ0) is 14.1. The Morgan fingerprint density at radius 1 is 1.53 bits per heavy atom. The zero-order valence-corrected chi connectivity index (χ0v) is 12.3. The summed E-state index contributed by atoms with van der Waals surface area (Å²) in [6.45, 7) is 0.0405. The van der Waals surface area contributed by atoms with Gasteiger partial charge in [0.15, 0.2) is 0 Å². The summed E-state index contributed by atoms with van der Waals surface area (Å²) in [6, 6.07) is 5.22. The Morgan fingerprint density at radius 3 is 3.00 bits per heavy atom. The second-order valence-corrected chi connectivity index (χ2v) is 5.15. The van der Waals surface area contributed by atoms with Gasteiger partial charge in [-0.05, 0) is 24.5 Å². The number of thioether (sulfide) groups is 1. The quantitative estimate of drug-likeness (QED) is 0.822. The van der Waals surface area contributed by atoms with Crippen LogP contribution in [0.1, 0.15) is 18.4 Å². The number of amides is 1. The van der Waals surface area contributed by atoms with Gasteiger partial charge in [-0.15, -0.1) is 0 Å². The molecule has 0 heterocycles. The van der Waals surface area contributed by atoms with Crippen LogP contribution in [-0.4, -0.2) is 29.6 Å². The number of benzene rings is 1. The van der Waals surface area contributed by atoms with Crippen LogP contribution in [-0.2, 0) is 4.79 Å². The van der Waals surface area contributed by atoms with E-state index < -0.39 is 0 Å². The molecule has 0 bridgehead atoms. The van der Waals surface area contributed by atoms with Gasteiger partial charge in [-0.3, -0.25) is 4.79 Å². The molecule has 1 rings (SSSR count). The fourth-order valence-corrected chi connectivity index (χ4v) is 1.88. The number of carbonyl (C=O) groups excluding carboxylic acids is 1. The number of aliphatic hydroxyl groups excluding tert-OH is 1. The lowest BCUT2D eigenvalue weighted by molar-refractivity contribution is -0.115. The Hall–Kier alpha value is -1.15. The third-order valence-electron chi connectivity index (χ3n) is 2.24. The molecule has 0 aliphatic heterocycles. The number of anilines is 1. The highest BCUT2D eigenvalue weighted by Crippen LogP contribution is 2.23. The van der Waals surface area contributed by atoms with Gasteiger partial charge in [0, 0.05) is 24.2 Å². The highest BCUT2D eigenvalue weighted by Gasteiger charge is 2.06. The van der Waals surface area contributed by atoms with Gasteiger partial charge in [0.25, 0.3) is 0 Å². The maximum absolute atomic E-state index is 11.6. The van der Waals surface area contributed by atoms with Crippen molar-refractivity contribution in [2.45, 2.75) is 12.8 Å². The molecule has 0 saturated carbocycles. The number of rotatable bonds is 5. The molecule has 0 spiro atoms. The van der Waals surface area contributed by atoms with Crippen LogP contribution in [0, 0.1) is 11.8 Å². The second-order valence-electron chi connectivity index (χ2n) is 3.76. The van der Waals surface area contributed by atoms with Crippen molar-refractivity contribution < 1.29 is 9.90 Å². The van der Waals surface area contributed by atoms with Crippen molar-refractivity contribution in [1.29, 1.82) is 0 Å². The molecule has 2 N–H and O–H groups in total. The predicted molar refractivity (Wildman–Crippen MR) is 81.7 cm³/mol. The first-order valence-electron chi connectivity index (χ1n) is 5.85. The van der Waals surface area contributed by atoms with E-state index in [-0.39, 0.29) is 12.5 Å². The van der Waals surface area contributed by atoms with E-state index in [0.717, 1.165) is 11.3 Å². The molecule has 102 valence electrons. The second kappa shape index (κ2) is 8.87. The monoisotopic (exact) mass is 297 g/mol. The molecule has 1 aromatic carbocycles. The Kier molecular flexibility index (Phi) is 7.42. The van der Waals surface area contributed by atoms with Crippen molar-refractivity contribution in [3.8, 4) is 11.8 Å². The van der Waals surface area contributed by atoms with Crippen LogP contribution in [0.5, 0.6) is 0 Å². The third-order valence-corrected chi connectivity index (χ3v) is 3.19. The average Bonchev–Trinajstić information content (AvgIpc) is 2.40. The Morgan fingerprint density at radius 2 is 2.32 bits per heavy atom. The molecule has 19 heavy (non-hydrogen) atoms. The van der Waals surface area contributed by atoms with Crippen molar-refractivity contribution in [2.24, 2.45) is 0 Å². The third kappa shape index (κ3) is 6.02. The molecule has 0 saturated heterocycles. The van der Waals surface area contributed by atoms with E-state index in [2.05, 4.69) is 17.2 Å². The molecule has 3 nitrogen and oxygen atoms in total. The standard InChI is InChI=1S/C14H16ClNO2S/c1-19-9-7-14(18)16-13-10-11(4-2-3-8-17)5-6-12(13)15/h5-6,10,17H,3,7-9H2,1H3,(H,16,18). The van der Waals surface area contributed by atoms with Crippen molar-refractivity contribution in [2.75, 3.05) is 23.9 Å². The van der Waals surface area contributed by atoms with Crippen molar-refractivity contribution in [3.63, 3.8) is 0 Å². The van der Waals surface area contributed by atoms with Crippen LogP contribution >= 0.6 is 23.4 Å². The molecule has 0 fully saturated rings. The minimum Gasteiger partial charge on any atom is -0.395 e. The number of nitrogens with one attached hydrogen (secondary N) is 1. The van der Waals surface area contributed by atoms with Gasteiger partial charge in [0.2, 0.25) is 5.91 Å². The molecule has 5 heteroatoms. The van der Waals surface area contributed by atoms with Gasteiger partial charge in [0.05, 0.1) is 17.3 Å². The minimum absolute atomic E-state index is 0.0405. The first-order valence-corrected chi connectivity index (χ1v) is 7.62. The van der Waals surface area contributed by atoms with E-state index in [1.165, 1.54) is 0 Å². The van der Waals surface area contributed by atoms with E-state index in [0.29, 0.717) is 23.6 Å². The number of hydrogen-bond donors (Lipinski definition) is 2. The molecule has 0 atom stereocenters. The Balaban J connectivity index is 2.75. The van der Waals surface area contributed by atoms with Gasteiger partial charge in [-0.25, -0.2) is 0 Å². The van der Waals surface area contributed by atoms with Crippen LogP contribution < -0.4 is 5.32 Å². The molecular weight excluding hydrogens is 282 g/mol. The summed E-state index contributed by atoms with van der Waals surface area (Å²) >= 11 is 7.65. The molecule has 0 aromatic heterocycles. The Bertz CT molecular complexity index is 494. The maximum atomic E-state index is 11.6. The summed E-state index contributed by atoms with van der Waals surface area (Å²) in [5.74, 6) is 6.45. The summed E-state index contributed by atoms with van der Waals surface area (Å²) < 4.78 is 0. The first-order chi connectivity index (χ1) is 9.17. The topological polar surface area (TPSA) is 49.3 Å². The summed E-state index contributed by atoms with van der Waals surface area (Å²) in [5, 5.41) is 11.9. The molecule has 0 unspecified atom stereocenters. The minimum atomic E-state index is -0.0586. The highest BCUT2D eigenvalue weighted by molar-refractivity contribution is 7.98. The molecule has 0 aliphatic rings. The van der Waals surface area contributed by atoms with Gasteiger partial charge in [0.1, 0.15) is 0 Å². The van der Waals surface area contributed by atoms with Crippen LogP contribution in [0.2, 0.25) is 5.02 Å². The lowest BCUT2D eigenvalue weighted by atomic mass is 10.2. The van der Waals surface area contributed by atoms with E-state index in [1.54, 1.807) is 30.0 Å². The van der Waals surface area contributed by atoms with Crippen molar-refractivity contribution in [3.05, 3.63) is 28.8 Å².